The van der Waals surface area contributed by atoms with E-state index in [1.165, 1.54) is 19.1 Å². The number of isocyanates is 2. The van der Waals surface area contributed by atoms with Gasteiger partial charge in [0.05, 0.1) is 12.2 Å². The number of aliphatic imine (C=N–C) groups is 2. The highest BCUT2D eigenvalue weighted by molar-refractivity contribution is 5.88. The highest BCUT2D eigenvalue weighted by Gasteiger charge is 2.10. The minimum Gasteiger partial charge on any atom is -0.463 e. The van der Waals surface area contributed by atoms with Crippen LogP contribution in [0.15, 0.2) is 21.4 Å². The summed E-state index contributed by atoms with van der Waals surface area (Å²) < 4.78 is 4.60. The summed E-state index contributed by atoms with van der Waals surface area (Å²) in [6, 6.07) is 0. The number of hydrogen-bond donors (Lipinski definition) is 0. The Kier molecular flexibility index (Phi) is 5.54. The van der Waals surface area contributed by atoms with Crippen molar-refractivity contribution >= 4 is 18.1 Å². The van der Waals surface area contributed by atoms with Crippen molar-refractivity contribution in [2.45, 2.75) is 13.8 Å². The van der Waals surface area contributed by atoms with Crippen LogP contribution in [0.5, 0.6) is 0 Å². The molecule has 74 valence electrons. The van der Waals surface area contributed by atoms with Gasteiger partial charge >= 0.3 is 5.97 Å². The van der Waals surface area contributed by atoms with Crippen LogP contribution in [-0.2, 0) is 19.1 Å². The third kappa shape index (κ3) is 3.58. The summed E-state index contributed by atoms with van der Waals surface area (Å²) in [5, 5.41) is 0. The zero-order chi connectivity index (χ0) is 11.0. The zero-order valence-electron chi connectivity index (χ0n) is 7.73. The summed E-state index contributed by atoms with van der Waals surface area (Å²) in [6.45, 7) is 3.13. The molecule has 0 spiro atoms. The topological polar surface area (TPSA) is 85.2 Å². The molecule has 0 fully saturated rings. The average Bonchev–Trinajstić information content (AvgIpc) is 2.17. The van der Waals surface area contributed by atoms with E-state index in [0.29, 0.717) is 0 Å². The predicted octanol–water partition coefficient (Wildman–Crippen LogP) is 0.453. The van der Waals surface area contributed by atoms with Crippen molar-refractivity contribution in [2.75, 3.05) is 6.61 Å². The molecule has 0 saturated carbocycles. The molecule has 0 radical (unpaired) electrons. The molecule has 0 N–H and O–H groups in total. The van der Waals surface area contributed by atoms with Crippen LogP contribution in [-0.4, -0.2) is 24.7 Å². The summed E-state index contributed by atoms with van der Waals surface area (Å²) in [5.74, 6) is -1.03. The van der Waals surface area contributed by atoms with Gasteiger partial charge in [0.15, 0.2) is 5.82 Å². The molecule has 14 heavy (non-hydrogen) atoms. The van der Waals surface area contributed by atoms with Crippen LogP contribution in [0.25, 0.3) is 0 Å². The Morgan fingerprint density at radius 1 is 1.29 bits per heavy atom. The molecular formula is C8H8N2O4. The standard InChI is InChI=1S/C8H8N2O4/c1-3-14-8(13)6(2)7(9-4-11)10-5-12/h3H2,1-2H3. The molecule has 0 unspecified atom stereocenters. The maximum Gasteiger partial charge on any atom is 0.337 e. The molecule has 0 heterocycles. The summed E-state index contributed by atoms with van der Waals surface area (Å²) in [5.41, 5.74) is -0.0430. The van der Waals surface area contributed by atoms with E-state index >= 15 is 0 Å². The first-order valence-corrected chi connectivity index (χ1v) is 3.71. The zero-order valence-corrected chi connectivity index (χ0v) is 7.73. The Balaban J connectivity index is 5.07. The highest BCUT2D eigenvalue weighted by atomic mass is 16.5. The average molecular weight is 196 g/mol. The van der Waals surface area contributed by atoms with Crippen LogP contribution in [0, 0.1) is 0 Å². The predicted molar refractivity (Wildman–Crippen MR) is 45.6 cm³/mol. The number of rotatable bonds is 4. The van der Waals surface area contributed by atoms with Gasteiger partial charge in [0.25, 0.3) is 0 Å². The lowest BCUT2D eigenvalue weighted by atomic mass is 10.3. The molecule has 0 rings (SSSR count). The van der Waals surface area contributed by atoms with Gasteiger partial charge in [-0.2, -0.15) is 0 Å². The smallest absolute Gasteiger partial charge is 0.337 e. The summed E-state index contributed by atoms with van der Waals surface area (Å²) >= 11 is 0. The molecule has 0 amide bonds. The van der Waals surface area contributed by atoms with E-state index < -0.39 is 5.97 Å². The first kappa shape index (κ1) is 12.0. The number of nitrogens with zero attached hydrogens (tertiary/aromatic N) is 2. The van der Waals surface area contributed by atoms with Gasteiger partial charge in [-0.3, -0.25) is 0 Å². The number of carbonyl (C=O) groups is 1. The van der Waals surface area contributed by atoms with Crippen LogP contribution in [0.4, 0.5) is 0 Å². The van der Waals surface area contributed by atoms with Gasteiger partial charge in [-0.15, -0.1) is 9.98 Å². The lowest BCUT2D eigenvalue weighted by Crippen LogP contribution is -2.06. The van der Waals surface area contributed by atoms with Gasteiger partial charge in [-0.25, -0.2) is 14.4 Å². The van der Waals surface area contributed by atoms with Crippen molar-refractivity contribution in [1.29, 1.82) is 0 Å². The SMILES string of the molecule is CCOC(=O)C(C)=C(N=C=O)N=C=O. The first-order chi connectivity index (χ1) is 6.67. The van der Waals surface area contributed by atoms with Crippen molar-refractivity contribution in [3.05, 3.63) is 11.4 Å². The second-order valence-corrected chi connectivity index (χ2v) is 2.08. The van der Waals surface area contributed by atoms with Crippen molar-refractivity contribution in [2.24, 2.45) is 9.98 Å². The normalized spacial score (nSPS) is 7.86. The second kappa shape index (κ2) is 6.48. The summed E-state index contributed by atoms with van der Waals surface area (Å²) in [4.78, 5) is 37.0. The summed E-state index contributed by atoms with van der Waals surface area (Å²) in [6.07, 6.45) is 2.33. The Hall–Kier alpha value is -2.03. The molecule has 0 aliphatic rings. The van der Waals surface area contributed by atoms with Crippen LogP contribution >= 0.6 is 0 Å². The van der Waals surface area contributed by atoms with Gasteiger partial charge in [0.2, 0.25) is 12.2 Å². The molecule has 0 saturated heterocycles. The molecule has 6 nitrogen and oxygen atoms in total. The van der Waals surface area contributed by atoms with E-state index in [2.05, 4.69) is 14.7 Å². The van der Waals surface area contributed by atoms with Crippen LogP contribution in [0.2, 0.25) is 0 Å². The molecule has 0 aliphatic carbocycles. The molecule has 6 heteroatoms. The van der Waals surface area contributed by atoms with E-state index in [4.69, 9.17) is 0 Å². The van der Waals surface area contributed by atoms with E-state index in [1.54, 1.807) is 6.92 Å². The lowest BCUT2D eigenvalue weighted by molar-refractivity contribution is -0.138. The van der Waals surface area contributed by atoms with Crippen LogP contribution in [0.3, 0.4) is 0 Å². The Morgan fingerprint density at radius 3 is 2.14 bits per heavy atom. The number of hydrogen-bond acceptors (Lipinski definition) is 6. The molecule has 0 aromatic carbocycles. The molecule has 0 atom stereocenters. The van der Waals surface area contributed by atoms with E-state index in [9.17, 15) is 14.4 Å². The fourth-order valence-corrected chi connectivity index (χ4v) is 0.610. The highest BCUT2D eigenvalue weighted by Crippen LogP contribution is 2.07. The molecule has 0 bridgehead atoms. The lowest BCUT2D eigenvalue weighted by Gasteiger charge is -2.00. The van der Waals surface area contributed by atoms with Crippen molar-refractivity contribution in [1.82, 2.24) is 0 Å². The first-order valence-electron chi connectivity index (χ1n) is 3.71. The number of carbonyl (C=O) groups excluding carboxylic acids is 3. The second-order valence-electron chi connectivity index (χ2n) is 2.08. The molecular weight excluding hydrogens is 188 g/mol. The van der Waals surface area contributed by atoms with Crippen molar-refractivity contribution in [3.8, 4) is 0 Å². The minimum atomic E-state index is -0.694. The van der Waals surface area contributed by atoms with Gasteiger partial charge in [-0.05, 0) is 13.8 Å². The molecule has 0 aliphatic heterocycles. The van der Waals surface area contributed by atoms with Crippen LogP contribution < -0.4 is 0 Å². The maximum absolute atomic E-state index is 11.1. The minimum absolute atomic E-state index is 0.0430. The van der Waals surface area contributed by atoms with E-state index in [-0.39, 0.29) is 18.0 Å². The molecule has 0 aromatic rings. The van der Waals surface area contributed by atoms with Gasteiger partial charge in [0, 0.05) is 0 Å². The monoisotopic (exact) mass is 196 g/mol. The van der Waals surface area contributed by atoms with E-state index in [1.807, 2.05) is 0 Å². The van der Waals surface area contributed by atoms with Crippen LogP contribution in [0.1, 0.15) is 13.8 Å². The summed E-state index contributed by atoms with van der Waals surface area (Å²) in [7, 11) is 0. The third-order valence-electron chi connectivity index (χ3n) is 1.22. The Morgan fingerprint density at radius 2 is 1.79 bits per heavy atom. The Bertz CT molecular complexity index is 326. The fraction of sp³-hybridized carbons (Fsp3) is 0.375. The maximum atomic E-state index is 11.1. The quantitative estimate of drug-likeness (QED) is 0.283. The molecule has 0 aromatic heterocycles. The Labute approximate surface area is 80.0 Å². The number of ether oxygens (including phenoxy) is 1. The largest absolute Gasteiger partial charge is 0.463 e. The fourth-order valence-electron chi connectivity index (χ4n) is 0.610. The van der Waals surface area contributed by atoms with Crippen molar-refractivity contribution < 1.29 is 19.1 Å². The number of esters is 1. The van der Waals surface area contributed by atoms with E-state index in [0.717, 1.165) is 0 Å². The van der Waals surface area contributed by atoms with Gasteiger partial charge < -0.3 is 4.74 Å². The van der Waals surface area contributed by atoms with Gasteiger partial charge in [-0.1, -0.05) is 0 Å². The third-order valence-corrected chi connectivity index (χ3v) is 1.22. The van der Waals surface area contributed by atoms with Gasteiger partial charge in [0.1, 0.15) is 0 Å². The van der Waals surface area contributed by atoms with Crippen molar-refractivity contribution in [3.63, 3.8) is 0 Å².